The van der Waals surface area contributed by atoms with Gasteiger partial charge in [-0.1, -0.05) is 0 Å². The molecule has 0 radical (unpaired) electrons. The first kappa shape index (κ1) is 22.1. The van der Waals surface area contributed by atoms with Crippen LogP contribution >= 0.6 is 0 Å². The van der Waals surface area contributed by atoms with Gasteiger partial charge in [0.15, 0.2) is 0 Å². The van der Waals surface area contributed by atoms with Crippen molar-refractivity contribution < 1.29 is 23.0 Å². The van der Waals surface area contributed by atoms with E-state index in [-0.39, 0.29) is 11.5 Å². The summed E-state index contributed by atoms with van der Waals surface area (Å²) in [5.41, 5.74) is 2.60. The van der Waals surface area contributed by atoms with E-state index >= 15 is 0 Å². The highest BCUT2D eigenvalue weighted by Crippen LogP contribution is 2.38. The Bertz CT molecular complexity index is 1060. The molecule has 170 valence electrons. The van der Waals surface area contributed by atoms with Crippen LogP contribution < -0.4 is 14.2 Å². The van der Waals surface area contributed by atoms with Gasteiger partial charge in [0.25, 0.3) is 0 Å². The van der Waals surface area contributed by atoms with E-state index in [4.69, 9.17) is 14.2 Å². The highest BCUT2D eigenvalue weighted by atomic mass is 19.1. The molecular formula is C24H27F2N3O3. The molecule has 1 unspecified atom stereocenters. The Balaban J connectivity index is 1.59. The Hall–Kier alpha value is -3.13. The maximum Gasteiger partial charge on any atom is 0.131 e. The highest BCUT2D eigenvalue weighted by Gasteiger charge is 2.27. The van der Waals surface area contributed by atoms with Crippen LogP contribution in [0, 0.1) is 11.6 Å². The Labute approximate surface area is 186 Å². The second-order valence-corrected chi connectivity index (χ2v) is 7.91. The van der Waals surface area contributed by atoms with Crippen LogP contribution in [0.3, 0.4) is 0 Å². The van der Waals surface area contributed by atoms with Gasteiger partial charge in [0.1, 0.15) is 28.9 Å². The van der Waals surface area contributed by atoms with Crippen molar-refractivity contribution >= 4 is 0 Å². The van der Waals surface area contributed by atoms with Crippen LogP contribution in [0.4, 0.5) is 8.78 Å². The molecule has 1 aliphatic rings. The summed E-state index contributed by atoms with van der Waals surface area (Å²) in [6.45, 7) is 2.28. The van der Waals surface area contributed by atoms with E-state index in [0.717, 1.165) is 49.3 Å². The fraction of sp³-hybridized carbons (Fsp3) is 0.375. The number of piperidine rings is 1. The molecule has 4 rings (SSSR count). The average molecular weight is 443 g/mol. The number of hydrogen-bond donors (Lipinski definition) is 1. The van der Waals surface area contributed by atoms with Crippen LogP contribution in [-0.2, 0) is 6.54 Å². The summed E-state index contributed by atoms with van der Waals surface area (Å²) in [6, 6.07) is 7.18. The lowest BCUT2D eigenvalue weighted by Crippen LogP contribution is -2.34. The first-order valence-electron chi connectivity index (χ1n) is 10.5. The predicted molar refractivity (Wildman–Crippen MR) is 117 cm³/mol. The second-order valence-electron chi connectivity index (χ2n) is 7.91. The normalized spacial score (nSPS) is 16.7. The van der Waals surface area contributed by atoms with Gasteiger partial charge in [-0.15, -0.1) is 0 Å². The number of hydrogen-bond acceptors (Lipinski definition) is 5. The van der Waals surface area contributed by atoms with Crippen LogP contribution in [0.15, 0.2) is 36.5 Å². The van der Waals surface area contributed by atoms with E-state index in [1.165, 1.54) is 6.07 Å². The molecule has 32 heavy (non-hydrogen) atoms. The summed E-state index contributed by atoms with van der Waals surface area (Å²) < 4.78 is 44.7. The average Bonchev–Trinajstić information content (AvgIpc) is 3.30. The number of H-pyrrole nitrogens is 1. The van der Waals surface area contributed by atoms with Crippen LogP contribution in [0.5, 0.6) is 17.2 Å². The smallest absolute Gasteiger partial charge is 0.131 e. The number of likely N-dealkylation sites (tertiary alicyclic amines) is 1. The molecule has 0 aliphatic carbocycles. The van der Waals surface area contributed by atoms with Crippen molar-refractivity contribution in [2.45, 2.75) is 25.3 Å². The molecule has 1 saturated heterocycles. The Morgan fingerprint density at radius 2 is 1.78 bits per heavy atom. The van der Waals surface area contributed by atoms with Gasteiger partial charge in [0.2, 0.25) is 0 Å². The number of benzene rings is 2. The predicted octanol–water partition coefficient (Wildman–Crippen LogP) is 4.76. The highest BCUT2D eigenvalue weighted by molar-refractivity contribution is 5.66. The molecule has 0 amide bonds. The molecule has 1 N–H and O–H groups in total. The molecule has 1 aliphatic heterocycles. The SMILES string of the molecule is COc1cc(OC)c(CN2CCCC(c3[nH]ncc3-c3cc(F)ccc3F)C2)c(OC)c1. The summed E-state index contributed by atoms with van der Waals surface area (Å²) in [5, 5.41) is 7.17. The van der Waals surface area contributed by atoms with Crippen molar-refractivity contribution in [3.05, 3.63) is 59.4 Å². The quantitative estimate of drug-likeness (QED) is 0.571. The molecule has 1 fully saturated rings. The van der Waals surface area contributed by atoms with Crippen LogP contribution in [0.25, 0.3) is 11.1 Å². The van der Waals surface area contributed by atoms with Gasteiger partial charge >= 0.3 is 0 Å². The Morgan fingerprint density at radius 1 is 1.03 bits per heavy atom. The Morgan fingerprint density at radius 3 is 2.47 bits per heavy atom. The molecule has 1 atom stereocenters. The third kappa shape index (κ3) is 4.41. The Kier molecular flexibility index (Phi) is 6.60. The van der Waals surface area contributed by atoms with E-state index < -0.39 is 11.6 Å². The zero-order valence-electron chi connectivity index (χ0n) is 18.5. The van der Waals surface area contributed by atoms with Crippen molar-refractivity contribution in [2.24, 2.45) is 0 Å². The van der Waals surface area contributed by atoms with Crippen molar-refractivity contribution in [2.75, 3.05) is 34.4 Å². The zero-order chi connectivity index (χ0) is 22.7. The third-order valence-corrected chi connectivity index (χ3v) is 6.00. The lowest BCUT2D eigenvalue weighted by atomic mass is 9.90. The van der Waals surface area contributed by atoms with Gasteiger partial charge < -0.3 is 14.2 Å². The van der Waals surface area contributed by atoms with Crippen molar-refractivity contribution in [1.29, 1.82) is 0 Å². The minimum atomic E-state index is -0.475. The largest absolute Gasteiger partial charge is 0.496 e. The maximum absolute atomic E-state index is 14.4. The minimum absolute atomic E-state index is 0.110. The number of nitrogens with one attached hydrogen (secondary N) is 1. The number of rotatable bonds is 7. The van der Waals surface area contributed by atoms with Gasteiger partial charge in [0, 0.05) is 48.0 Å². The summed E-state index contributed by atoms with van der Waals surface area (Å²) >= 11 is 0. The molecule has 0 saturated carbocycles. The first-order valence-corrected chi connectivity index (χ1v) is 10.5. The van der Waals surface area contributed by atoms with Crippen molar-refractivity contribution in [1.82, 2.24) is 15.1 Å². The lowest BCUT2D eigenvalue weighted by Gasteiger charge is -2.33. The maximum atomic E-state index is 14.4. The summed E-state index contributed by atoms with van der Waals surface area (Å²) in [7, 11) is 4.86. The summed E-state index contributed by atoms with van der Waals surface area (Å²) in [4.78, 5) is 2.31. The summed E-state index contributed by atoms with van der Waals surface area (Å²) in [5.74, 6) is 1.24. The van der Waals surface area contributed by atoms with Gasteiger partial charge in [-0.25, -0.2) is 8.78 Å². The van der Waals surface area contributed by atoms with E-state index in [1.807, 2.05) is 12.1 Å². The first-order chi connectivity index (χ1) is 15.5. The number of aromatic nitrogens is 2. The molecule has 6 nitrogen and oxygen atoms in total. The van der Waals surface area contributed by atoms with E-state index in [1.54, 1.807) is 27.5 Å². The van der Waals surface area contributed by atoms with Crippen LogP contribution in [-0.4, -0.2) is 49.5 Å². The van der Waals surface area contributed by atoms with Crippen molar-refractivity contribution in [3.63, 3.8) is 0 Å². The van der Waals surface area contributed by atoms with Gasteiger partial charge in [-0.3, -0.25) is 10.00 Å². The molecule has 8 heteroatoms. The van der Waals surface area contributed by atoms with E-state index in [9.17, 15) is 8.78 Å². The fourth-order valence-corrected chi connectivity index (χ4v) is 4.42. The molecule has 2 aromatic carbocycles. The number of methoxy groups -OCH3 is 3. The zero-order valence-corrected chi connectivity index (χ0v) is 18.5. The number of aromatic amines is 1. The van der Waals surface area contributed by atoms with Gasteiger partial charge in [0.05, 0.1) is 33.1 Å². The van der Waals surface area contributed by atoms with Crippen molar-refractivity contribution in [3.8, 4) is 28.4 Å². The van der Waals surface area contributed by atoms with Crippen LogP contribution in [0.1, 0.15) is 30.0 Å². The monoisotopic (exact) mass is 443 g/mol. The minimum Gasteiger partial charge on any atom is -0.496 e. The standard InChI is InChI=1S/C24H27F2N3O3/c1-30-17-10-22(31-2)20(23(11-17)32-3)14-29-8-4-5-15(13-29)24-19(12-27-28-24)18-9-16(25)6-7-21(18)26/h6-7,9-12,15H,4-5,8,13-14H2,1-3H3,(H,27,28). The molecule has 2 heterocycles. The third-order valence-electron chi connectivity index (χ3n) is 6.00. The molecular weight excluding hydrogens is 416 g/mol. The summed E-state index contributed by atoms with van der Waals surface area (Å²) in [6.07, 6.45) is 3.47. The molecule has 1 aromatic heterocycles. The van der Waals surface area contributed by atoms with Gasteiger partial charge in [-0.05, 0) is 37.6 Å². The number of halogens is 2. The second kappa shape index (κ2) is 9.56. The lowest BCUT2D eigenvalue weighted by molar-refractivity contribution is 0.194. The molecule has 0 spiro atoms. The topological polar surface area (TPSA) is 59.6 Å². The molecule has 0 bridgehead atoms. The van der Waals surface area contributed by atoms with Gasteiger partial charge in [-0.2, -0.15) is 5.10 Å². The van der Waals surface area contributed by atoms with E-state index in [0.29, 0.717) is 29.4 Å². The number of nitrogens with zero attached hydrogens (tertiary/aromatic N) is 2. The van der Waals surface area contributed by atoms with Crippen LogP contribution in [0.2, 0.25) is 0 Å². The van der Waals surface area contributed by atoms with E-state index in [2.05, 4.69) is 15.1 Å². The molecule has 3 aromatic rings. The fourth-order valence-electron chi connectivity index (χ4n) is 4.42. The number of ether oxygens (including phenoxy) is 3.